The lowest BCUT2D eigenvalue weighted by Crippen LogP contribution is -2.42. The summed E-state index contributed by atoms with van der Waals surface area (Å²) in [7, 11) is 2.07. The van der Waals surface area contributed by atoms with Gasteiger partial charge in [0.15, 0.2) is 0 Å². The summed E-state index contributed by atoms with van der Waals surface area (Å²) in [5.41, 5.74) is 1.40. The van der Waals surface area contributed by atoms with Gasteiger partial charge in [0.2, 0.25) is 0 Å². The van der Waals surface area contributed by atoms with Crippen molar-refractivity contribution < 1.29 is 4.74 Å². The maximum Gasteiger partial charge on any atom is 0.122 e. The Morgan fingerprint density at radius 1 is 1.30 bits per heavy atom. The molecule has 1 aromatic carbocycles. The smallest absolute Gasteiger partial charge is 0.122 e. The molecule has 2 heterocycles. The van der Waals surface area contributed by atoms with E-state index in [0.717, 1.165) is 24.8 Å². The number of piperidine rings is 1. The highest BCUT2D eigenvalue weighted by Crippen LogP contribution is 2.34. The predicted molar refractivity (Wildman–Crippen MR) is 82.4 cm³/mol. The Balaban J connectivity index is 1.54. The molecule has 1 N–H and O–H groups in total. The molecule has 0 amide bonds. The lowest BCUT2D eigenvalue weighted by atomic mass is 9.89. The summed E-state index contributed by atoms with van der Waals surface area (Å²) in [5.74, 6) is 2.49. The number of nitrogens with zero attached hydrogens (tertiary/aromatic N) is 1. The van der Waals surface area contributed by atoms with Crippen molar-refractivity contribution >= 4 is 0 Å². The standard InChI is InChI=1S/C17H26N2O/c1-13(18-2)14-7-9-19(10-8-14)11-15-12-20-17-6-4-3-5-16(15)17/h3-6,13-15,18H,7-12H2,1-2H3. The SMILES string of the molecule is CNC(C)C1CCN(CC2COc3ccccc32)CC1. The summed E-state index contributed by atoms with van der Waals surface area (Å²) in [6, 6.07) is 9.15. The first-order chi connectivity index (χ1) is 9.78. The number of fused-ring (bicyclic) bond motifs is 1. The van der Waals surface area contributed by atoms with Crippen LogP contribution in [0.15, 0.2) is 24.3 Å². The number of benzene rings is 1. The van der Waals surface area contributed by atoms with Gasteiger partial charge in [0, 0.05) is 24.1 Å². The van der Waals surface area contributed by atoms with Gasteiger partial charge in [-0.25, -0.2) is 0 Å². The van der Waals surface area contributed by atoms with Crippen LogP contribution in [0.3, 0.4) is 0 Å². The molecule has 0 aromatic heterocycles. The summed E-state index contributed by atoms with van der Waals surface area (Å²) in [6.45, 7) is 6.77. The average Bonchev–Trinajstić information content (AvgIpc) is 2.91. The molecule has 0 spiro atoms. The van der Waals surface area contributed by atoms with Crippen molar-refractivity contribution in [2.75, 3.05) is 33.3 Å². The molecule has 3 nitrogen and oxygen atoms in total. The van der Waals surface area contributed by atoms with Gasteiger partial charge >= 0.3 is 0 Å². The highest BCUT2D eigenvalue weighted by Gasteiger charge is 2.28. The number of hydrogen-bond acceptors (Lipinski definition) is 3. The minimum Gasteiger partial charge on any atom is -0.493 e. The zero-order valence-electron chi connectivity index (χ0n) is 12.6. The van der Waals surface area contributed by atoms with E-state index >= 15 is 0 Å². The second-order valence-corrected chi connectivity index (χ2v) is 6.26. The van der Waals surface area contributed by atoms with Crippen molar-refractivity contribution in [1.82, 2.24) is 10.2 Å². The topological polar surface area (TPSA) is 24.5 Å². The number of ether oxygens (including phenoxy) is 1. The first-order valence-electron chi connectivity index (χ1n) is 7.89. The highest BCUT2D eigenvalue weighted by atomic mass is 16.5. The number of hydrogen-bond donors (Lipinski definition) is 1. The van der Waals surface area contributed by atoms with Crippen LogP contribution in [0, 0.1) is 5.92 Å². The van der Waals surface area contributed by atoms with Crippen LogP contribution in [0.4, 0.5) is 0 Å². The van der Waals surface area contributed by atoms with E-state index in [9.17, 15) is 0 Å². The summed E-state index contributed by atoms with van der Waals surface area (Å²) < 4.78 is 5.79. The fourth-order valence-corrected chi connectivity index (χ4v) is 3.56. The van der Waals surface area contributed by atoms with E-state index in [1.807, 2.05) is 0 Å². The fourth-order valence-electron chi connectivity index (χ4n) is 3.56. The molecule has 3 heteroatoms. The van der Waals surface area contributed by atoms with Gasteiger partial charge in [0.1, 0.15) is 5.75 Å². The van der Waals surface area contributed by atoms with Crippen molar-refractivity contribution in [2.45, 2.75) is 31.7 Å². The van der Waals surface area contributed by atoms with Gasteiger partial charge in [-0.1, -0.05) is 18.2 Å². The third kappa shape index (κ3) is 2.84. The van der Waals surface area contributed by atoms with E-state index in [1.165, 1.54) is 31.5 Å². The number of likely N-dealkylation sites (tertiary alicyclic amines) is 1. The monoisotopic (exact) mass is 274 g/mol. The zero-order chi connectivity index (χ0) is 13.9. The van der Waals surface area contributed by atoms with Crippen LogP contribution in [0.5, 0.6) is 5.75 Å². The van der Waals surface area contributed by atoms with Crippen molar-refractivity contribution in [2.24, 2.45) is 5.92 Å². The first-order valence-corrected chi connectivity index (χ1v) is 7.89. The molecule has 2 atom stereocenters. The van der Waals surface area contributed by atoms with E-state index in [1.54, 1.807) is 0 Å². The Kier molecular flexibility index (Phi) is 4.27. The minimum absolute atomic E-state index is 0.560. The van der Waals surface area contributed by atoms with Gasteiger partial charge in [-0.2, -0.15) is 0 Å². The molecular formula is C17H26N2O. The zero-order valence-corrected chi connectivity index (χ0v) is 12.6. The molecule has 2 unspecified atom stereocenters. The Labute approximate surface area is 122 Å². The molecule has 20 heavy (non-hydrogen) atoms. The molecule has 1 aromatic rings. The van der Waals surface area contributed by atoms with E-state index < -0.39 is 0 Å². The molecule has 0 aliphatic carbocycles. The summed E-state index contributed by atoms with van der Waals surface area (Å²) >= 11 is 0. The van der Waals surface area contributed by atoms with Crippen molar-refractivity contribution in [3.05, 3.63) is 29.8 Å². The van der Waals surface area contributed by atoms with Crippen LogP contribution in [0.1, 0.15) is 31.2 Å². The molecule has 2 aliphatic heterocycles. The average molecular weight is 274 g/mol. The highest BCUT2D eigenvalue weighted by molar-refractivity contribution is 5.39. The quantitative estimate of drug-likeness (QED) is 0.913. The van der Waals surface area contributed by atoms with E-state index in [2.05, 4.69) is 48.5 Å². The number of para-hydroxylation sites is 1. The van der Waals surface area contributed by atoms with E-state index in [4.69, 9.17) is 4.74 Å². The largest absolute Gasteiger partial charge is 0.493 e. The van der Waals surface area contributed by atoms with Crippen molar-refractivity contribution in [3.8, 4) is 5.75 Å². The predicted octanol–water partition coefficient (Wildman–Crippen LogP) is 2.48. The van der Waals surface area contributed by atoms with Crippen LogP contribution in [-0.2, 0) is 0 Å². The summed E-state index contributed by atoms with van der Waals surface area (Å²) in [4.78, 5) is 2.62. The second kappa shape index (κ2) is 6.15. The second-order valence-electron chi connectivity index (χ2n) is 6.26. The Hall–Kier alpha value is -1.06. The Bertz CT molecular complexity index is 440. The van der Waals surface area contributed by atoms with Gasteiger partial charge in [0.05, 0.1) is 6.61 Å². The Morgan fingerprint density at radius 3 is 2.80 bits per heavy atom. The van der Waals surface area contributed by atoms with Crippen LogP contribution in [-0.4, -0.2) is 44.2 Å². The lowest BCUT2D eigenvalue weighted by Gasteiger charge is -2.35. The molecule has 0 saturated carbocycles. The third-order valence-corrected chi connectivity index (χ3v) is 5.07. The lowest BCUT2D eigenvalue weighted by molar-refractivity contribution is 0.151. The van der Waals surface area contributed by atoms with Gasteiger partial charge in [0.25, 0.3) is 0 Å². The summed E-state index contributed by atoms with van der Waals surface area (Å²) in [6.07, 6.45) is 2.63. The van der Waals surface area contributed by atoms with Gasteiger partial charge in [-0.05, 0) is 51.9 Å². The molecule has 1 saturated heterocycles. The molecule has 3 rings (SSSR count). The summed E-state index contributed by atoms with van der Waals surface area (Å²) in [5, 5.41) is 3.40. The molecule has 110 valence electrons. The van der Waals surface area contributed by atoms with E-state index in [-0.39, 0.29) is 0 Å². The van der Waals surface area contributed by atoms with Crippen molar-refractivity contribution in [3.63, 3.8) is 0 Å². The van der Waals surface area contributed by atoms with E-state index in [0.29, 0.717) is 12.0 Å². The minimum atomic E-state index is 0.560. The normalized spacial score (nSPS) is 25.2. The van der Waals surface area contributed by atoms with Gasteiger partial charge < -0.3 is 15.0 Å². The van der Waals surface area contributed by atoms with Crippen molar-refractivity contribution in [1.29, 1.82) is 0 Å². The Morgan fingerprint density at radius 2 is 2.05 bits per heavy atom. The van der Waals surface area contributed by atoms with Gasteiger partial charge in [-0.3, -0.25) is 0 Å². The van der Waals surface area contributed by atoms with Crippen LogP contribution < -0.4 is 10.1 Å². The number of rotatable bonds is 4. The third-order valence-electron chi connectivity index (χ3n) is 5.07. The number of nitrogens with one attached hydrogen (secondary N) is 1. The molecule has 0 bridgehead atoms. The first kappa shape index (κ1) is 13.9. The molecule has 2 aliphatic rings. The molecule has 0 radical (unpaired) electrons. The van der Waals surface area contributed by atoms with Crippen LogP contribution >= 0.6 is 0 Å². The van der Waals surface area contributed by atoms with Crippen LogP contribution in [0.25, 0.3) is 0 Å². The maximum atomic E-state index is 5.79. The molecule has 1 fully saturated rings. The van der Waals surface area contributed by atoms with Crippen LogP contribution in [0.2, 0.25) is 0 Å². The van der Waals surface area contributed by atoms with Gasteiger partial charge in [-0.15, -0.1) is 0 Å². The fraction of sp³-hybridized carbons (Fsp3) is 0.647. The maximum absolute atomic E-state index is 5.79. The molecular weight excluding hydrogens is 248 g/mol.